The number of amidine groups is 1. The first-order valence-electron chi connectivity index (χ1n) is 3.90. The Hall–Kier alpha value is -0.980. The quantitative estimate of drug-likeness (QED) is 0.503. The average molecular weight is 305 g/mol. The summed E-state index contributed by atoms with van der Waals surface area (Å²) in [6, 6.07) is 6.23. The van der Waals surface area contributed by atoms with Gasteiger partial charge >= 0.3 is 0 Å². The van der Waals surface area contributed by atoms with Gasteiger partial charge in [0, 0.05) is 0 Å². The predicted molar refractivity (Wildman–Crippen MR) is 64.0 cm³/mol. The van der Waals surface area contributed by atoms with Gasteiger partial charge in [0.25, 0.3) is 0 Å². The standard InChI is InChI=1S/C9H9FIN3/c10-6-3-1-2-4-7(6)14-8(11)5-9(12)13/h1-4H,5H2,(H3,12,13). The van der Waals surface area contributed by atoms with Crippen molar-refractivity contribution >= 4 is 37.8 Å². The summed E-state index contributed by atoms with van der Waals surface area (Å²) >= 11 is 1.94. The molecule has 0 saturated heterocycles. The van der Waals surface area contributed by atoms with Crippen LogP contribution in [-0.4, -0.2) is 9.55 Å². The summed E-state index contributed by atoms with van der Waals surface area (Å²) in [6.45, 7) is 0. The summed E-state index contributed by atoms with van der Waals surface area (Å²) in [7, 11) is 0. The number of hydrogen-bond acceptors (Lipinski definition) is 2. The Balaban J connectivity index is 2.86. The molecule has 0 heterocycles. The van der Waals surface area contributed by atoms with E-state index < -0.39 is 0 Å². The molecule has 74 valence electrons. The predicted octanol–water partition coefficient (Wildman–Crippen LogP) is 2.62. The summed E-state index contributed by atoms with van der Waals surface area (Å²) in [5.74, 6) is -0.347. The molecule has 5 heteroatoms. The van der Waals surface area contributed by atoms with Crippen molar-refractivity contribution in [3.63, 3.8) is 0 Å². The van der Waals surface area contributed by atoms with Gasteiger partial charge in [-0.25, -0.2) is 9.38 Å². The number of nitrogens with two attached hydrogens (primary N) is 1. The molecule has 3 nitrogen and oxygen atoms in total. The lowest BCUT2D eigenvalue weighted by Gasteiger charge is -1.98. The van der Waals surface area contributed by atoms with E-state index >= 15 is 0 Å². The molecule has 0 unspecified atom stereocenters. The fourth-order valence-electron chi connectivity index (χ4n) is 0.870. The molecule has 0 aromatic heterocycles. The number of nitrogens with zero attached hydrogens (tertiary/aromatic N) is 1. The second-order valence-corrected chi connectivity index (χ2v) is 3.89. The largest absolute Gasteiger partial charge is 0.387 e. The number of aliphatic imine (C=N–C) groups is 1. The second-order valence-electron chi connectivity index (χ2n) is 2.64. The zero-order valence-electron chi connectivity index (χ0n) is 7.30. The van der Waals surface area contributed by atoms with E-state index in [2.05, 4.69) is 4.99 Å². The Morgan fingerprint density at radius 1 is 1.50 bits per heavy atom. The SMILES string of the molecule is N=C(N)CC(I)=Nc1ccccc1F. The monoisotopic (exact) mass is 305 g/mol. The summed E-state index contributed by atoms with van der Waals surface area (Å²) in [6.07, 6.45) is 0.259. The molecule has 14 heavy (non-hydrogen) atoms. The Kier molecular flexibility index (Phi) is 3.99. The van der Waals surface area contributed by atoms with Crippen molar-refractivity contribution in [3.8, 4) is 0 Å². The number of nitrogens with one attached hydrogen (secondary N) is 1. The maximum atomic E-state index is 13.1. The fourth-order valence-corrected chi connectivity index (χ4v) is 1.54. The van der Waals surface area contributed by atoms with E-state index in [9.17, 15) is 4.39 Å². The highest BCUT2D eigenvalue weighted by Gasteiger charge is 2.01. The van der Waals surface area contributed by atoms with E-state index in [1.54, 1.807) is 18.2 Å². The average Bonchev–Trinajstić information content (AvgIpc) is 2.07. The minimum Gasteiger partial charge on any atom is -0.387 e. The molecule has 0 saturated carbocycles. The molecule has 0 aliphatic rings. The molecule has 0 atom stereocenters. The highest BCUT2D eigenvalue weighted by Crippen LogP contribution is 2.18. The van der Waals surface area contributed by atoms with Crippen LogP contribution in [0.4, 0.5) is 10.1 Å². The first-order chi connectivity index (χ1) is 6.59. The van der Waals surface area contributed by atoms with Gasteiger partial charge in [-0.05, 0) is 34.7 Å². The molecular weight excluding hydrogens is 296 g/mol. The maximum absolute atomic E-state index is 13.1. The van der Waals surface area contributed by atoms with E-state index in [0.29, 0.717) is 3.72 Å². The van der Waals surface area contributed by atoms with Gasteiger partial charge in [0.2, 0.25) is 0 Å². The Morgan fingerprint density at radius 3 is 2.71 bits per heavy atom. The van der Waals surface area contributed by atoms with Gasteiger partial charge in [-0.15, -0.1) is 0 Å². The lowest BCUT2D eigenvalue weighted by atomic mass is 10.3. The van der Waals surface area contributed by atoms with Crippen LogP contribution in [0.3, 0.4) is 0 Å². The van der Waals surface area contributed by atoms with Crippen LogP contribution in [0.1, 0.15) is 6.42 Å². The van der Waals surface area contributed by atoms with Crippen molar-refractivity contribution in [2.75, 3.05) is 0 Å². The molecule has 1 aromatic rings. The zero-order chi connectivity index (χ0) is 10.6. The van der Waals surface area contributed by atoms with Crippen molar-refractivity contribution in [1.82, 2.24) is 0 Å². The number of halogens is 2. The fraction of sp³-hybridized carbons (Fsp3) is 0.111. The van der Waals surface area contributed by atoms with Crippen molar-refractivity contribution in [2.45, 2.75) is 6.42 Å². The number of hydrogen-bond donors (Lipinski definition) is 2. The van der Waals surface area contributed by atoms with E-state index in [0.717, 1.165) is 0 Å². The Labute approximate surface area is 94.9 Å². The molecule has 1 aromatic carbocycles. The van der Waals surface area contributed by atoms with Crippen molar-refractivity contribution < 1.29 is 4.39 Å². The summed E-state index contributed by atoms with van der Waals surface area (Å²) in [4.78, 5) is 4.01. The highest BCUT2D eigenvalue weighted by atomic mass is 127. The molecule has 0 aliphatic heterocycles. The van der Waals surface area contributed by atoms with Crippen LogP contribution < -0.4 is 5.73 Å². The van der Waals surface area contributed by atoms with Crippen LogP contribution in [0.5, 0.6) is 0 Å². The highest BCUT2D eigenvalue weighted by molar-refractivity contribution is 14.1. The van der Waals surface area contributed by atoms with Crippen molar-refractivity contribution in [3.05, 3.63) is 30.1 Å². The second kappa shape index (κ2) is 5.04. The molecule has 0 radical (unpaired) electrons. The van der Waals surface area contributed by atoms with Gasteiger partial charge in [0.1, 0.15) is 5.82 Å². The van der Waals surface area contributed by atoms with E-state index in [1.165, 1.54) is 6.07 Å². The van der Waals surface area contributed by atoms with Crippen LogP contribution in [-0.2, 0) is 0 Å². The van der Waals surface area contributed by atoms with Gasteiger partial charge in [-0.1, -0.05) is 12.1 Å². The Bertz CT molecular complexity index is 376. The van der Waals surface area contributed by atoms with Gasteiger partial charge in [0.15, 0.2) is 0 Å². The van der Waals surface area contributed by atoms with E-state index in [1.807, 2.05) is 22.6 Å². The summed E-state index contributed by atoms with van der Waals surface area (Å²) in [5, 5.41) is 7.04. The molecule has 3 N–H and O–H groups in total. The minimum absolute atomic E-state index is 0.0227. The minimum atomic E-state index is -0.370. The number of para-hydroxylation sites is 1. The molecule has 0 spiro atoms. The van der Waals surface area contributed by atoms with Crippen molar-refractivity contribution in [2.24, 2.45) is 10.7 Å². The normalized spacial score (nSPS) is 11.4. The van der Waals surface area contributed by atoms with E-state index in [-0.39, 0.29) is 23.8 Å². The third kappa shape index (κ3) is 3.41. The molecule has 0 bridgehead atoms. The van der Waals surface area contributed by atoms with Crippen LogP contribution in [0.15, 0.2) is 29.3 Å². The summed E-state index contributed by atoms with van der Waals surface area (Å²) < 4.78 is 13.7. The third-order valence-corrected chi connectivity index (χ3v) is 2.05. The first-order valence-corrected chi connectivity index (χ1v) is 4.98. The molecule has 0 amide bonds. The number of benzene rings is 1. The van der Waals surface area contributed by atoms with Crippen LogP contribution in [0.25, 0.3) is 0 Å². The molecular formula is C9H9FIN3. The Morgan fingerprint density at radius 2 is 2.14 bits per heavy atom. The molecule has 1 rings (SSSR count). The molecule has 0 aliphatic carbocycles. The zero-order valence-corrected chi connectivity index (χ0v) is 9.45. The van der Waals surface area contributed by atoms with Gasteiger partial charge in [-0.3, -0.25) is 5.41 Å². The van der Waals surface area contributed by atoms with Gasteiger partial charge in [-0.2, -0.15) is 0 Å². The van der Waals surface area contributed by atoms with Crippen LogP contribution in [0.2, 0.25) is 0 Å². The van der Waals surface area contributed by atoms with Gasteiger partial charge in [0.05, 0.1) is 21.7 Å². The lowest BCUT2D eigenvalue weighted by molar-refractivity contribution is 0.630. The third-order valence-electron chi connectivity index (χ3n) is 1.43. The van der Waals surface area contributed by atoms with Crippen molar-refractivity contribution in [1.29, 1.82) is 5.41 Å². The number of rotatable bonds is 3. The molecule has 0 fully saturated rings. The first kappa shape index (κ1) is 11.1. The summed E-state index contributed by atoms with van der Waals surface area (Å²) in [5.41, 5.74) is 5.47. The smallest absolute Gasteiger partial charge is 0.148 e. The van der Waals surface area contributed by atoms with Gasteiger partial charge < -0.3 is 5.73 Å². The van der Waals surface area contributed by atoms with Crippen LogP contribution in [0, 0.1) is 11.2 Å². The maximum Gasteiger partial charge on any atom is 0.148 e. The lowest BCUT2D eigenvalue weighted by Crippen LogP contribution is -2.11. The van der Waals surface area contributed by atoms with E-state index in [4.69, 9.17) is 11.1 Å². The van der Waals surface area contributed by atoms with Crippen LogP contribution >= 0.6 is 22.6 Å². The topological polar surface area (TPSA) is 62.2 Å².